The van der Waals surface area contributed by atoms with Gasteiger partial charge in [0, 0.05) is 48.4 Å². The Morgan fingerprint density at radius 1 is 1.13 bits per heavy atom. The first kappa shape index (κ1) is 32.4. The van der Waals surface area contributed by atoms with E-state index in [9.17, 15) is 24.3 Å². The maximum Gasteiger partial charge on any atom is 0.328 e. The summed E-state index contributed by atoms with van der Waals surface area (Å²) in [5.74, 6) is -0.928. The van der Waals surface area contributed by atoms with E-state index in [4.69, 9.17) is 21.1 Å². The Morgan fingerprint density at radius 3 is 2.64 bits per heavy atom. The van der Waals surface area contributed by atoms with Gasteiger partial charge in [-0.05, 0) is 41.5 Å². The molecule has 1 saturated heterocycles. The van der Waals surface area contributed by atoms with Gasteiger partial charge in [0.15, 0.2) is 5.78 Å². The molecule has 2 aliphatic carbocycles. The number of hydrogen-bond donors (Lipinski definition) is 3. The number of allylic oxidation sites excluding steroid dienone is 3. The predicted octanol–water partition coefficient (Wildman–Crippen LogP) is 5.69. The van der Waals surface area contributed by atoms with Crippen LogP contribution in [0.2, 0.25) is 5.02 Å². The number of carbonyl (C=O) groups is 4. The van der Waals surface area contributed by atoms with E-state index in [-0.39, 0.29) is 42.8 Å². The molecule has 4 aliphatic rings. The fourth-order valence-corrected chi connectivity index (χ4v) is 6.90. The standard InChI is InChI=1S/C36H38ClN3O7/c1-36(2)18-26-32(29(42)19-36)34(23-12-11-22(17-24(23)37)47-20-21-7-4-3-5-8-21)40(27-9-6-10-28(41)33(27)39-26)31(44)14-13-30(43)38-25-15-16-46-35(25)45/h3-5,7-9,11-12,17,25,34,39,41H,6,10,13-16,18-20H2,1-2H3,(H,38,43). The highest BCUT2D eigenvalue weighted by Crippen LogP contribution is 2.49. The summed E-state index contributed by atoms with van der Waals surface area (Å²) in [7, 11) is 0. The van der Waals surface area contributed by atoms with Gasteiger partial charge >= 0.3 is 5.97 Å². The number of aliphatic hydroxyl groups excluding tert-OH is 1. The van der Waals surface area contributed by atoms with E-state index in [2.05, 4.69) is 10.6 Å². The monoisotopic (exact) mass is 659 g/mol. The van der Waals surface area contributed by atoms with E-state index in [1.165, 1.54) is 4.90 Å². The molecule has 2 aliphatic heterocycles. The minimum Gasteiger partial charge on any atom is -0.510 e. The Morgan fingerprint density at radius 2 is 1.91 bits per heavy atom. The third kappa shape index (κ3) is 6.93. The molecule has 2 unspecified atom stereocenters. The average Bonchev–Trinajstić information content (AvgIpc) is 3.36. The number of ether oxygens (including phenoxy) is 2. The van der Waals surface area contributed by atoms with Crippen molar-refractivity contribution in [1.82, 2.24) is 15.5 Å². The molecule has 2 amide bonds. The lowest BCUT2D eigenvalue weighted by molar-refractivity contribution is -0.141. The van der Waals surface area contributed by atoms with E-state index in [1.807, 2.05) is 50.3 Å². The molecule has 246 valence electrons. The van der Waals surface area contributed by atoms with Crippen molar-refractivity contribution in [2.45, 2.75) is 77.5 Å². The van der Waals surface area contributed by atoms with E-state index in [0.717, 1.165) is 5.56 Å². The Bertz CT molecular complexity index is 1710. The van der Waals surface area contributed by atoms with Crippen LogP contribution in [0.1, 0.15) is 76.0 Å². The molecule has 0 bridgehead atoms. The van der Waals surface area contributed by atoms with E-state index < -0.39 is 29.9 Å². The van der Waals surface area contributed by atoms with Crippen molar-refractivity contribution >= 4 is 35.2 Å². The average molecular weight is 660 g/mol. The second-order valence-corrected chi connectivity index (χ2v) is 13.5. The Balaban J connectivity index is 1.38. The van der Waals surface area contributed by atoms with Gasteiger partial charge in [-0.15, -0.1) is 0 Å². The minimum absolute atomic E-state index is 0.0804. The first-order chi connectivity index (χ1) is 22.5. The SMILES string of the molecule is CC1(C)CC(=O)C2=C(C1)NC1=C(O)CCC=C1N(C(=O)CCC(=O)NC1CCOC1=O)C2c1ccc(OCc2ccccc2)cc1Cl. The molecule has 3 N–H and O–H groups in total. The van der Waals surface area contributed by atoms with Gasteiger partial charge in [0.2, 0.25) is 11.8 Å². The summed E-state index contributed by atoms with van der Waals surface area (Å²) in [5, 5.41) is 17.4. The van der Waals surface area contributed by atoms with Crippen LogP contribution in [0.4, 0.5) is 0 Å². The second kappa shape index (κ2) is 13.3. The van der Waals surface area contributed by atoms with Crippen LogP contribution in [-0.2, 0) is 30.5 Å². The molecule has 0 saturated carbocycles. The first-order valence-electron chi connectivity index (χ1n) is 15.9. The van der Waals surface area contributed by atoms with Gasteiger partial charge < -0.3 is 25.2 Å². The molecule has 10 nitrogen and oxygen atoms in total. The molecule has 2 heterocycles. The largest absolute Gasteiger partial charge is 0.510 e. The molecule has 2 aromatic carbocycles. The van der Waals surface area contributed by atoms with Crippen LogP contribution >= 0.6 is 11.6 Å². The van der Waals surface area contributed by atoms with E-state index >= 15 is 0 Å². The number of benzene rings is 2. The lowest BCUT2D eigenvalue weighted by Crippen LogP contribution is -2.40. The van der Waals surface area contributed by atoms with Crippen molar-refractivity contribution in [3.63, 3.8) is 0 Å². The zero-order chi connectivity index (χ0) is 33.3. The highest BCUT2D eigenvalue weighted by molar-refractivity contribution is 6.31. The number of carbonyl (C=O) groups excluding carboxylic acids is 4. The smallest absolute Gasteiger partial charge is 0.328 e. The number of amides is 2. The summed E-state index contributed by atoms with van der Waals surface area (Å²) in [4.78, 5) is 54.6. The molecule has 1 fully saturated rings. The number of halogens is 1. The summed E-state index contributed by atoms with van der Waals surface area (Å²) in [6.45, 7) is 4.58. The number of hydrogen-bond acceptors (Lipinski definition) is 8. The molecule has 0 radical (unpaired) electrons. The van der Waals surface area contributed by atoms with Gasteiger partial charge in [-0.25, -0.2) is 4.79 Å². The van der Waals surface area contributed by atoms with Crippen molar-refractivity contribution in [2.75, 3.05) is 6.61 Å². The van der Waals surface area contributed by atoms with Crippen LogP contribution in [0, 0.1) is 5.41 Å². The third-order valence-electron chi connectivity index (χ3n) is 8.87. The number of nitrogens with zero attached hydrogens (tertiary/aromatic N) is 1. The number of Topliss-reactive ketones (excluding diaryl/α,β-unsaturated/α-hetero) is 1. The van der Waals surface area contributed by atoms with Crippen LogP contribution in [0.25, 0.3) is 0 Å². The molecular weight excluding hydrogens is 622 g/mol. The molecule has 0 aromatic heterocycles. The summed E-state index contributed by atoms with van der Waals surface area (Å²) in [6.07, 6.45) is 3.43. The quantitative estimate of drug-likeness (QED) is 0.308. The summed E-state index contributed by atoms with van der Waals surface area (Å²) in [5.41, 5.74) is 2.94. The molecular formula is C36H38ClN3O7. The number of fused-ring (bicyclic) bond motifs is 1. The Kier molecular flexibility index (Phi) is 9.14. The number of esters is 1. The summed E-state index contributed by atoms with van der Waals surface area (Å²) >= 11 is 6.98. The van der Waals surface area contributed by atoms with Gasteiger partial charge in [-0.2, -0.15) is 0 Å². The third-order valence-corrected chi connectivity index (χ3v) is 9.20. The fourth-order valence-electron chi connectivity index (χ4n) is 6.63. The van der Waals surface area contributed by atoms with Gasteiger partial charge in [-0.1, -0.05) is 67.9 Å². The maximum absolute atomic E-state index is 14.3. The summed E-state index contributed by atoms with van der Waals surface area (Å²) < 4.78 is 10.9. The van der Waals surface area contributed by atoms with Crippen molar-refractivity contribution in [2.24, 2.45) is 5.41 Å². The van der Waals surface area contributed by atoms with Gasteiger partial charge in [0.25, 0.3) is 0 Å². The molecule has 6 rings (SSSR count). The van der Waals surface area contributed by atoms with Gasteiger partial charge in [0.1, 0.15) is 29.9 Å². The fraction of sp³-hybridized carbons (Fsp3) is 0.389. The summed E-state index contributed by atoms with van der Waals surface area (Å²) in [6, 6.07) is 13.2. The first-order valence-corrected chi connectivity index (χ1v) is 16.3. The van der Waals surface area contributed by atoms with Crippen molar-refractivity contribution in [1.29, 1.82) is 0 Å². The highest BCUT2D eigenvalue weighted by atomic mass is 35.5. The maximum atomic E-state index is 14.3. The van der Waals surface area contributed by atoms with Crippen LogP contribution in [0.15, 0.2) is 83.0 Å². The van der Waals surface area contributed by atoms with E-state index in [1.54, 1.807) is 18.2 Å². The molecule has 2 atom stereocenters. The second-order valence-electron chi connectivity index (χ2n) is 13.1. The van der Waals surface area contributed by atoms with Gasteiger partial charge in [0.05, 0.1) is 18.3 Å². The Hall–Kier alpha value is -4.57. The zero-order valence-corrected chi connectivity index (χ0v) is 27.2. The van der Waals surface area contributed by atoms with Crippen molar-refractivity contribution in [3.8, 4) is 5.75 Å². The topological polar surface area (TPSA) is 134 Å². The van der Waals surface area contributed by atoms with Crippen LogP contribution in [0.3, 0.4) is 0 Å². The molecule has 11 heteroatoms. The number of rotatable bonds is 8. The predicted molar refractivity (Wildman–Crippen MR) is 174 cm³/mol. The van der Waals surface area contributed by atoms with Crippen LogP contribution in [0.5, 0.6) is 5.75 Å². The van der Waals surface area contributed by atoms with Crippen LogP contribution in [-0.4, -0.2) is 46.2 Å². The number of cyclic esters (lactones) is 1. The number of aliphatic hydroxyl groups is 1. The Labute approximate surface area is 278 Å². The molecule has 0 spiro atoms. The van der Waals surface area contributed by atoms with Crippen LogP contribution < -0.4 is 15.4 Å². The van der Waals surface area contributed by atoms with Crippen molar-refractivity contribution in [3.05, 3.63) is 99.2 Å². The lowest BCUT2D eigenvalue weighted by atomic mass is 9.73. The number of ketones is 1. The van der Waals surface area contributed by atoms with E-state index in [0.29, 0.717) is 71.3 Å². The number of nitrogens with one attached hydrogen (secondary N) is 2. The minimum atomic E-state index is -0.938. The highest BCUT2D eigenvalue weighted by Gasteiger charge is 2.45. The van der Waals surface area contributed by atoms with Crippen molar-refractivity contribution < 1.29 is 33.8 Å². The zero-order valence-electron chi connectivity index (χ0n) is 26.4. The lowest BCUT2D eigenvalue weighted by Gasteiger charge is -2.37. The molecule has 47 heavy (non-hydrogen) atoms. The van der Waals surface area contributed by atoms with Gasteiger partial charge in [-0.3, -0.25) is 19.3 Å². The normalized spacial score (nSPS) is 22.0. The molecule has 2 aromatic rings.